The number of aromatic nitrogens is 4. The molecule has 1 N–H and O–H groups in total. The molecule has 41 heavy (non-hydrogen) atoms. The Morgan fingerprint density at radius 3 is 2.66 bits per heavy atom. The minimum absolute atomic E-state index is 0.0742. The molecule has 10 nitrogen and oxygen atoms in total. The number of carbonyl (C=O) groups excluding carboxylic acids is 2. The van der Waals surface area contributed by atoms with Gasteiger partial charge in [-0.25, -0.2) is 9.97 Å². The van der Waals surface area contributed by atoms with Gasteiger partial charge in [0.1, 0.15) is 29.6 Å². The van der Waals surface area contributed by atoms with Crippen LogP contribution in [0, 0.1) is 5.41 Å². The van der Waals surface area contributed by atoms with Crippen LogP contribution in [-0.2, 0) is 42.6 Å². The summed E-state index contributed by atoms with van der Waals surface area (Å²) in [6.07, 6.45) is 6.90. The largest absolute Gasteiger partial charge is 0.461 e. The molecule has 0 saturated carbocycles. The lowest BCUT2D eigenvalue weighted by atomic mass is 9.90. The van der Waals surface area contributed by atoms with Crippen molar-refractivity contribution in [2.24, 2.45) is 12.5 Å². The smallest absolute Gasteiger partial charge is 0.302 e. The van der Waals surface area contributed by atoms with E-state index in [9.17, 15) is 14.4 Å². The highest BCUT2D eigenvalue weighted by Crippen LogP contribution is 2.40. The average molecular weight is 553 g/mol. The number of carbonyl (C=O) groups is 2. The van der Waals surface area contributed by atoms with E-state index in [1.54, 1.807) is 54.8 Å². The summed E-state index contributed by atoms with van der Waals surface area (Å²) in [6, 6.07) is 11.0. The van der Waals surface area contributed by atoms with E-state index in [2.05, 4.69) is 33.7 Å². The summed E-state index contributed by atoms with van der Waals surface area (Å²) in [5.41, 5.74) is 5.44. The minimum atomic E-state index is -0.443. The molecule has 0 spiro atoms. The van der Waals surface area contributed by atoms with Gasteiger partial charge in [0, 0.05) is 62.5 Å². The number of amides is 1. The van der Waals surface area contributed by atoms with Crippen molar-refractivity contribution >= 4 is 29.2 Å². The highest BCUT2D eigenvalue weighted by molar-refractivity contribution is 6.06. The molecule has 0 atom stereocenters. The molecule has 1 amide bonds. The van der Waals surface area contributed by atoms with E-state index in [0.29, 0.717) is 52.8 Å². The Morgan fingerprint density at radius 1 is 1.07 bits per heavy atom. The first-order valence-corrected chi connectivity index (χ1v) is 13.6. The van der Waals surface area contributed by atoms with E-state index >= 15 is 0 Å². The fraction of sp³-hybridized carbons (Fsp3) is 0.323. The number of nitrogens with zero attached hydrogens (tertiary/aromatic N) is 5. The molecular formula is C31H32N6O4. The molecule has 1 aliphatic heterocycles. The normalized spacial score (nSPS) is 15.4. The second-order valence-electron chi connectivity index (χ2n) is 11.5. The van der Waals surface area contributed by atoms with Gasteiger partial charge in [-0.3, -0.25) is 19.3 Å². The summed E-state index contributed by atoms with van der Waals surface area (Å²) in [7, 11) is 1.67. The molecule has 0 saturated heterocycles. The summed E-state index contributed by atoms with van der Waals surface area (Å²) >= 11 is 0. The Balaban J connectivity index is 1.42. The fourth-order valence-electron chi connectivity index (χ4n) is 5.94. The Hall–Kier alpha value is -4.73. The van der Waals surface area contributed by atoms with Crippen LogP contribution in [0.1, 0.15) is 48.1 Å². The lowest BCUT2D eigenvalue weighted by Gasteiger charge is -2.31. The van der Waals surface area contributed by atoms with Crippen molar-refractivity contribution in [2.45, 2.75) is 46.8 Å². The van der Waals surface area contributed by atoms with Gasteiger partial charge < -0.3 is 19.2 Å². The van der Waals surface area contributed by atoms with Gasteiger partial charge in [-0.05, 0) is 59.7 Å². The number of aryl methyl sites for hydroxylation is 1. The number of rotatable bonds is 6. The van der Waals surface area contributed by atoms with Gasteiger partial charge in [-0.2, -0.15) is 0 Å². The zero-order chi connectivity index (χ0) is 28.9. The van der Waals surface area contributed by atoms with Gasteiger partial charge >= 0.3 is 5.97 Å². The topological polar surface area (TPSA) is 111 Å². The first-order chi connectivity index (χ1) is 19.6. The number of fused-ring (bicyclic) bond motifs is 3. The van der Waals surface area contributed by atoms with Crippen LogP contribution in [-0.4, -0.2) is 37.5 Å². The zero-order valence-corrected chi connectivity index (χ0v) is 23.6. The van der Waals surface area contributed by atoms with E-state index in [1.807, 2.05) is 12.1 Å². The lowest BCUT2D eigenvalue weighted by molar-refractivity contribution is -0.142. The Morgan fingerprint density at radius 2 is 1.90 bits per heavy atom. The molecule has 2 aliphatic rings. The van der Waals surface area contributed by atoms with E-state index in [4.69, 9.17) is 4.74 Å². The maximum atomic E-state index is 13.9. The molecule has 0 radical (unpaired) electrons. The number of esters is 1. The molecule has 210 valence electrons. The molecule has 0 unspecified atom stereocenters. The predicted molar refractivity (Wildman–Crippen MR) is 155 cm³/mol. The van der Waals surface area contributed by atoms with E-state index < -0.39 is 5.97 Å². The minimum Gasteiger partial charge on any atom is -0.461 e. The molecular weight excluding hydrogens is 520 g/mol. The Kier molecular flexibility index (Phi) is 6.48. The molecule has 10 heteroatoms. The maximum Gasteiger partial charge on any atom is 0.302 e. The van der Waals surface area contributed by atoms with Gasteiger partial charge in [0.25, 0.3) is 11.5 Å². The summed E-state index contributed by atoms with van der Waals surface area (Å²) < 4.78 is 9.10. The predicted octanol–water partition coefficient (Wildman–Crippen LogP) is 4.24. The molecule has 5 heterocycles. The average Bonchev–Trinajstić information content (AvgIpc) is 3.43. The second kappa shape index (κ2) is 10.0. The van der Waals surface area contributed by atoms with Crippen LogP contribution in [0.5, 0.6) is 0 Å². The summed E-state index contributed by atoms with van der Waals surface area (Å²) in [4.78, 5) is 49.3. The first kappa shape index (κ1) is 26.5. The van der Waals surface area contributed by atoms with Crippen LogP contribution < -0.4 is 15.8 Å². The van der Waals surface area contributed by atoms with Crippen molar-refractivity contribution in [3.63, 3.8) is 0 Å². The van der Waals surface area contributed by atoms with Crippen molar-refractivity contribution in [1.29, 1.82) is 0 Å². The van der Waals surface area contributed by atoms with E-state index in [0.717, 1.165) is 12.8 Å². The molecule has 6 rings (SSSR count). The molecule has 0 fully saturated rings. The van der Waals surface area contributed by atoms with Gasteiger partial charge in [0.15, 0.2) is 0 Å². The summed E-state index contributed by atoms with van der Waals surface area (Å²) in [6.45, 7) is 6.88. The number of hydrogen-bond acceptors (Lipinski definition) is 7. The highest BCUT2D eigenvalue weighted by atomic mass is 16.5. The third-order valence-corrected chi connectivity index (χ3v) is 7.76. The van der Waals surface area contributed by atoms with Crippen LogP contribution >= 0.6 is 0 Å². The van der Waals surface area contributed by atoms with Crippen LogP contribution in [0.15, 0.2) is 59.8 Å². The van der Waals surface area contributed by atoms with Crippen molar-refractivity contribution in [3.05, 3.63) is 87.9 Å². The molecule has 0 bridgehead atoms. The Labute approximate surface area is 237 Å². The van der Waals surface area contributed by atoms with Crippen LogP contribution in [0.4, 0.5) is 17.3 Å². The van der Waals surface area contributed by atoms with E-state index in [-0.39, 0.29) is 23.5 Å². The van der Waals surface area contributed by atoms with Crippen LogP contribution in [0.2, 0.25) is 0 Å². The van der Waals surface area contributed by atoms with Crippen LogP contribution in [0.3, 0.4) is 0 Å². The molecule has 4 aromatic rings. The van der Waals surface area contributed by atoms with Crippen molar-refractivity contribution < 1.29 is 14.3 Å². The molecule has 1 aliphatic carbocycles. The Bertz CT molecular complexity index is 1740. The van der Waals surface area contributed by atoms with Crippen molar-refractivity contribution in [2.75, 3.05) is 16.8 Å². The first-order valence-electron chi connectivity index (χ1n) is 13.6. The molecule has 0 aromatic carbocycles. The third-order valence-electron chi connectivity index (χ3n) is 7.76. The van der Waals surface area contributed by atoms with Gasteiger partial charge in [-0.15, -0.1) is 0 Å². The lowest BCUT2D eigenvalue weighted by Crippen LogP contribution is -2.41. The maximum absolute atomic E-state index is 13.9. The quantitative estimate of drug-likeness (QED) is 0.356. The molecule has 4 aromatic heterocycles. The number of hydrogen-bond donors (Lipinski definition) is 1. The van der Waals surface area contributed by atoms with Gasteiger partial charge in [0.05, 0.1) is 0 Å². The van der Waals surface area contributed by atoms with E-state index in [1.165, 1.54) is 22.7 Å². The standard InChI is InChI=1S/C31H32N6O4/c1-19(38)41-18-23-22(21-13-24(29(39)35(4)17-21)34-27-7-5-6-9-32-27)8-10-33-28(23)37-12-11-36-25(30(37)40)14-20-15-31(2,3)16-26(20)36/h5-10,13-14,17H,11-12,15-16,18H2,1-4H3,(H,32,34). The fourth-order valence-corrected chi connectivity index (χ4v) is 5.94. The van der Waals surface area contributed by atoms with Crippen molar-refractivity contribution in [3.8, 4) is 11.1 Å². The van der Waals surface area contributed by atoms with Gasteiger partial charge in [-0.1, -0.05) is 19.9 Å². The highest BCUT2D eigenvalue weighted by Gasteiger charge is 2.37. The van der Waals surface area contributed by atoms with Crippen LogP contribution in [0.25, 0.3) is 11.1 Å². The monoisotopic (exact) mass is 552 g/mol. The summed E-state index contributed by atoms with van der Waals surface area (Å²) in [5, 5.41) is 3.10. The SMILES string of the molecule is CC(=O)OCc1c(-c2cc(Nc3ccccn3)c(=O)n(C)c2)ccnc1N1CCn2c(cc3c2CC(C)(C)C3)C1=O. The number of nitrogens with one attached hydrogen (secondary N) is 1. The number of pyridine rings is 3. The third kappa shape index (κ3) is 4.90. The zero-order valence-electron chi connectivity index (χ0n) is 23.6. The summed E-state index contributed by atoms with van der Waals surface area (Å²) in [5.74, 6) is 0.404. The van der Waals surface area contributed by atoms with Crippen molar-refractivity contribution in [1.82, 2.24) is 19.1 Å². The van der Waals surface area contributed by atoms with Gasteiger partial charge in [0.2, 0.25) is 0 Å². The number of ether oxygens (including phenoxy) is 1. The number of anilines is 3. The second-order valence-corrected chi connectivity index (χ2v) is 11.5.